The number of aliphatic hydroxyl groups excluding tert-OH is 1. The smallest absolute Gasteiger partial charge is 0.253 e. The zero-order valence-electron chi connectivity index (χ0n) is 11.3. The van der Waals surface area contributed by atoms with Crippen LogP contribution in [0.25, 0.3) is 0 Å². The fourth-order valence-electron chi connectivity index (χ4n) is 2.71. The average molecular weight is 290 g/mol. The van der Waals surface area contributed by atoms with Gasteiger partial charge in [-0.2, -0.15) is 0 Å². The van der Waals surface area contributed by atoms with Crippen LogP contribution in [0.15, 0.2) is 29.8 Å². The van der Waals surface area contributed by atoms with Crippen LogP contribution < -0.4 is 5.32 Å². The quantitative estimate of drug-likeness (QED) is 0.810. The van der Waals surface area contributed by atoms with E-state index in [1.54, 1.807) is 23.6 Å². The fraction of sp³-hybridized carbons (Fsp3) is 0.400. The lowest BCUT2D eigenvalue weighted by Gasteiger charge is -2.37. The number of rotatable bonds is 4. The Morgan fingerprint density at radius 2 is 2.30 bits per heavy atom. The molecule has 2 aromatic heterocycles. The molecule has 1 amide bonds. The Kier molecular flexibility index (Phi) is 3.63. The molecule has 1 fully saturated rings. The Bertz CT molecular complexity index is 585. The zero-order valence-corrected chi connectivity index (χ0v) is 12.1. The van der Waals surface area contributed by atoms with E-state index in [9.17, 15) is 9.90 Å². The maximum Gasteiger partial charge on any atom is 0.253 e. The lowest BCUT2D eigenvalue weighted by molar-refractivity contribution is 0.0241. The molecule has 5 heteroatoms. The molecule has 3 rings (SSSR count). The van der Waals surface area contributed by atoms with Gasteiger partial charge in [0.1, 0.15) is 0 Å². The van der Waals surface area contributed by atoms with Gasteiger partial charge in [-0.15, -0.1) is 11.3 Å². The van der Waals surface area contributed by atoms with E-state index < -0.39 is 0 Å². The van der Waals surface area contributed by atoms with E-state index in [0.717, 1.165) is 23.4 Å². The van der Waals surface area contributed by atoms with Gasteiger partial charge < -0.3 is 15.4 Å². The number of aliphatic hydroxyl groups is 1. The van der Waals surface area contributed by atoms with Gasteiger partial charge in [0.15, 0.2) is 0 Å². The lowest BCUT2D eigenvalue weighted by Crippen LogP contribution is -2.41. The van der Waals surface area contributed by atoms with Crippen LogP contribution in [-0.4, -0.2) is 22.1 Å². The molecule has 1 aliphatic rings. The standard InChI is InChI=1S/C15H18N2O2S/c1-9-12(4-5-16-9)15(19)17-14(10-7-11(18)8-10)13-3-2-6-20-13/h2-6,10-11,14,16,18H,7-8H2,1H3,(H,17,19)/t10?,11?,14-/m0/s1. The first-order chi connectivity index (χ1) is 9.65. The van der Waals surface area contributed by atoms with Gasteiger partial charge >= 0.3 is 0 Å². The third-order valence-electron chi connectivity index (χ3n) is 3.96. The molecule has 0 aliphatic heterocycles. The predicted molar refractivity (Wildman–Crippen MR) is 78.8 cm³/mol. The number of carbonyl (C=O) groups is 1. The molecular formula is C15H18N2O2S. The van der Waals surface area contributed by atoms with E-state index in [0.29, 0.717) is 11.5 Å². The molecule has 1 aliphatic carbocycles. The number of hydrogen-bond donors (Lipinski definition) is 3. The van der Waals surface area contributed by atoms with Crippen LogP contribution in [0.2, 0.25) is 0 Å². The molecule has 0 aromatic carbocycles. The predicted octanol–water partition coefficient (Wildman–Crippen LogP) is 2.63. The summed E-state index contributed by atoms with van der Waals surface area (Å²) in [4.78, 5) is 16.5. The number of nitrogens with one attached hydrogen (secondary N) is 2. The van der Waals surface area contributed by atoms with Gasteiger partial charge in [0.25, 0.3) is 5.91 Å². The van der Waals surface area contributed by atoms with Gasteiger partial charge in [-0.25, -0.2) is 0 Å². The zero-order chi connectivity index (χ0) is 14.1. The summed E-state index contributed by atoms with van der Waals surface area (Å²) in [5.41, 5.74) is 1.56. The Labute approximate surface area is 121 Å². The van der Waals surface area contributed by atoms with Crippen LogP contribution >= 0.6 is 11.3 Å². The van der Waals surface area contributed by atoms with Crippen LogP contribution in [0, 0.1) is 12.8 Å². The first-order valence-electron chi connectivity index (χ1n) is 6.81. The summed E-state index contributed by atoms with van der Waals surface area (Å²) in [6.45, 7) is 1.89. The minimum atomic E-state index is -0.214. The minimum Gasteiger partial charge on any atom is -0.393 e. The molecule has 0 unspecified atom stereocenters. The highest BCUT2D eigenvalue weighted by Crippen LogP contribution is 2.39. The van der Waals surface area contributed by atoms with Gasteiger partial charge in [0.2, 0.25) is 0 Å². The number of thiophene rings is 1. The highest BCUT2D eigenvalue weighted by Gasteiger charge is 2.36. The van der Waals surface area contributed by atoms with Crippen molar-refractivity contribution in [3.63, 3.8) is 0 Å². The Morgan fingerprint density at radius 1 is 1.50 bits per heavy atom. The third kappa shape index (κ3) is 2.51. The first kappa shape index (κ1) is 13.4. The molecule has 1 atom stereocenters. The summed E-state index contributed by atoms with van der Waals surface area (Å²) in [5.74, 6) is 0.274. The summed E-state index contributed by atoms with van der Waals surface area (Å²) in [5, 5.41) is 14.7. The van der Waals surface area contributed by atoms with Crippen molar-refractivity contribution in [3.05, 3.63) is 45.9 Å². The molecule has 0 spiro atoms. The molecule has 0 saturated heterocycles. The van der Waals surface area contributed by atoms with Crippen molar-refractivity contribution in [1.82, 2.24) is 10.3 Å². The third-order valence-corrected chi connectivity index (χ3v) is 4.91. The Hall–Kier alpha value is -1.59. The number of amides is 1. The summed E-state index contributed by atoms with van der Waals surface area (Å²) < 4.78 is 0. The molecule has 0 radical (unpaired) electrons. The SMILES string of the molecule is Cc1[nH]ccc1C(=O)N[C@H](c1cccs1)C1CC(O)C1. The number of H-pyrrole nitrogens is 1. The van der Waals surface area contributed by atoms with Crippen LogP contribution in [0.1, 0.15) is 39.8 Å². The van der Waals surface area contributed by atoms with Gasteiger partial charge in [-0.3, -0.25) is 4.79 Å². The van der Waals surface area contributed by atoms with Crippen molar-refractivity contribution < 1.29 is 9.90 Å². The second-order valence-corrected chi connectivity index (χ2v) is 6.35. The number of aromatic amines is 1. The number of aromatic nitrogens is 1. The number of carbonyl (C=O) groups excluding carboxylic acids is 1. The first-order valence-corrected chi connectivity index (χ1v) is 7.69. The largest absolute Gasteiger partial charge is 0.393 e. The van der Waals surface area contributed by atoms with Crippen molar-refractivity contribution in [2.75, 3.05) is 0 Å². The highest BCUT2D eigenvalue weighted by atomic mass is 32.1. The van der Waals surface area contributed by atoms with Gasteiger partial charge in [-0.1, -0.05) is 6.07 Å². The van der Waals surface area contributed by atoms with Crippen molar-refractivity contribution in [2.45, 2.75) is 31.9 Å². The van der Waals surface area contributed by atoms with Crippen molar-refractivity contribution in [2.24, 2.45) is 5.92 Å². The number of hydrogen-bond acceptors (Lipinski definition) is 3. The summed E-state index contributed by atoms with van der Waals surface area (Å²) in [6.07, 6.45) is 3.08. The Morgan fingerprint density at radius 3 is 2.85 bits per heavy atom. The highest BCUT2D eigenvalue weighted by molar-refractivity contribution is 7.10. The van der Waals surface area contributed by atoms with Crippen LogP contribution in [0.5, 0.6) is 0 Å². The van der Waals surface area contributed by atoms with E-state index in [2.05, 4.69) is 10.3 Å². The second kappa shape index (κ2) is 5.42. The van der Waals surface area contributed by atoms with E-state index in [1.807, 2.05) is 24.4 Å². The van der Waals surface area contributed by atoms with Crippen molar-refractivity contribution >= 4 is 17.2 Å². The molecule has 3 N–H and O–H groups in total. The van der Waals surface area contributed by atoms with Crippen LogP contribution in [0.3, 0.4) is 0 Å². The average Bonchev–Trinajstić information content (AvgIpc) is 3.03. The molecular weight excluding hydrogens is 272 g/mol. The van der Waals surface area contributed by atoms with Crippen molar-refractivity contribution in [1.29, 1.82) is 0 Å². The van der Waals surface area contributed by atoms with E-state index in [4.69, 9.17) is 0 Å². The number of aryl methyl sites for hydroxylation is 1. The monoisotopic (exact) mass is 290 g/mol. The van der Waals surface area contributed by atoms with Crippen LogP contribution in [0.4, 0.5) is 0 Å². The molecule has 20 heavy (non-hydrogen) atoms. The second-order valence-electron chi connectivity index (χ2n) is 5.37. The maximum atomic E-state index is 12.4. The van der Waals surface area contributed by atoms with Gasteiger partial charge in [0, 0.05) is 16.8 Å². The molecule has 106 valence electrons. The van der Waals surface area contributed by atoms with Gasteiger partial charge in [-0.05, 0) is 43.2 Å². The molecule has 4 nitrogen and oxygen atoms in total. The normalized spacial score (nSPS) is 23.1. The summed E-state index contributed by atoms with van der Waals surface area (Å²) >= 11 is 1.65. The van der Waals surface area contributed by atoms with E-state index in [-0.39, 0.29) is 18.1 Å². The van der Waals surface area contributed by atoms with E-state index >= 15 is 0 Å². The maximum absolute atomic E-state index is 12.4. The minimum absolute atomic E-state index is 0.000185. The molecule has 2 aromatic rings. The Balaban J connectivity index is 1.77. The van der Waals surface area contributed by atoms with Crippen molar-refractivity contribution in [3.8, 4) is 0 Å². The molecule has 2 heterocycles. The summed E-state index contributed by atoms with van der Waals surface area (Å²) in [7, 11) is 0. The topological polar surface area (TPSA) is 65.1 Å². The fourth-order valence-corrected chi connectivity index (χ4v) is 3.58. The molecule has 0 bridgehead atoms. The summed E-state index contributed by atoms with van der Waals surface area (Å²) in [6, 6.07) is 5.84. The molecule has 1 saturated carbocycles. The van der Waals surface area contributed by atoms with E-state index in [1.165, 1.54) is 0 Å². The van der Waals surface area contributed by atoms with Gasteiger partial charge in [0.05, 0.1) is 17.7 Å². The van der Waals surface area contributed by atoms with Crippen LogP contribution in [-0.2, 0) is 0 Å². The lowest BCUT2D eigenvalue weighted by atomic mass is 9.76.